The van der Waals surface area contributed by atoms with E-state index in [4.69, 9.17) is 0 Å². The third kappa shape index (κ3) is 5.56. The lowest BCUT2D eigenvalue weighted by molar-refractivity contribution is -0.144. The van der Waals surface area contributed by atoms with Crippen LogP contribution in [0, 0.1) is 11.8 Å². The van der Waals surface area contributed by atoms with Gasteiger partial charge >= 0.3 is 5.97 Å². The molecule has 0 saturated heterocycles. The van der Waals surface area contributed by atoms with Crippen LogP contribution in [0.1, 0.15) is 20.3 Å². The van der Waals surface area contributed by atoms with Gasteiger partial charge in [-0.05, 0) is 12.3 Å². The van der Waals surface area contributed by atoms with Crippen LogP contribution in [-0.4, -0.2) is 38.7 Å². The minimum Gasteiger partial charge on any atom is -0.469 e. The number of esters is 1. The van der Waals surface area contributed by atoms with Crippen molar-refractivity contribution >= 4 is 35.9 Å². The molecule has 0 spiro atoms. The molecule has 3 atom stereocenters. The molecule has 0 aromatic heterocycles. The van der Waals surface area contributed by atoms with E-state index in [1.165, 1.54) is 13.5 Å². The van der Waals surface area contributed by atoms with Crippen molar-refractivity contribution in [3.63, 3.8) is 0 Å². The molecule has 3 unspecified atom stereocenters. The van der Waals surface area contributed by atoms with Gasteiger partial charge in [-0.3, -0.25) is 9.79 Å². The van der Waals surface area contributed by atoms with Crippen LogP contribution in [0.15, 0.2) is 4.99 Å². The first-order chi connectivity index (χ1) is 7.58. The predicted octanol–water partition coefficient (Wildman–Crippen LogP) is 0.987. The number of hydrogen-bond donors (Lipinski definition) is 2. The smallest absolute Gasteiger partial charge is 0.310 e. The predicted molar refractivity (Wildman–Crippen MR) is 78.7 cm³/mol. The Morgan fingerprint density at radius 2 is 2.18 bits per heavy atom. The van der Waals surface area contributed by atoms with E-state index >= 15 is 0 Å². The van der Waals surface area contributed by atoms with E-state index in [9.17, 15) is 4.79 Å². The number of hydrogen-bond acceptors (Lipinski definition) is 3. The molecule has 1 rings (SSSR count). The number of rotatable bonds is 4. The zero-order valence-electron chi connectivity index (χ0n) is 10.8. The summed E-state index contributed by atoms with van der Waals surface area (Å²) in [5, 5.41) is 6.40. The molecule has 0 aromatic carbocycles. The van der Waals surface area contributed by atoms with E-state index in [1.54, 1.807) is 7.05 Å². The number of aliphatic imine (C=N–C) groups is 1. The molecule has 0 aliphatic heterocycles. The van der Waals surface area contributed by atoms with Gasteiger partial charge in [0.1, 0.15) is 0 Å². The van der Waals surface area contributed by atoms with Crippen molar-refractivity contribution in [2.45, 2.75) is 26.3 Å². The van der Waals surface area contributed by atoms with Gasteiger partial charge in [-0.1, -0.05) is 13.8 Å². The molecule has 17 heavy (non-hydrogen) atoms. The van der Waals surface area contributed by atoms with Crippen LogP contribution in [-0.2, 0) is 9.53 Å². The SMILES string of the molecule is CN=C(NCC(C)C(=O)OC)NC1CC1C.I. The van der Waals surface area contributed by atoms with Crippen molar-refractivity contribution in [1.82, 2.24) is 10.6 Å². The fourth-order valence-corrected chi connectivity index (χ4v) is 1.43. The van der Waals surface area contributed by atoms with Gasteiger partial charge in [-0.2, -0.15) is 0 Å². The van der Waals surface area contributed by atoms with Crippen LogP contribution in [0.3, 0.4) is 0 Å². The summed E-state index contributed by atoms with van der Waals surface area (Å²) in [6.45, 7) is 4.56. The number of nitrogens with one attached hydrogen (secondary N) is 2. The molecule has 1 saturated carbocycles. The summed E-state index contributed by atoms with van der Waals surface area (Å²) in [5.74, 6) is 1.10. The van der Waals surface area contributed by atoms with Crippen molar-refractivity contribution < 1.29 is 9.53 Å². The summed E-state index contributed by atoms with van der Waals surface area (Å²) in [6, 6.07) is 0.527. The number of methoxy groups -OCH3 is 1. The van der Waals surface area contributed by atoms with E-state index in [0.717, 1.165) is 11.9 Å². The van der Waals surface area contributed by atoms with Gasteiger partial charge in [-0.25, -0.2) is 0 Å². The maximum Gasteiger partial charge on any atom is 0.310 e. The summed E-state index contributed by atoms with van der Waals surface area (Å²) in [6.07, 6.45) is 1.19. The molecule has 2 N–H and O–H groups in total. The van der Waals surface area contributed by atoms with Crippen molar-refractivity contribution in [2.75, 3.05) is 20.7 Å². The fraction of sp³-hybridized carbons (Fsp3) is 0.818. The Labute approximate surface area is 120 Å². The second kappa shape index (κ2) is 7.73. The van der Waals surface area contributed by atoms with Crippen LogP contribution >= 0.6 is 24.0 Å². The van der Waals surface area contributed by atoms with Crippen LogP contribution in [0.2, 0.25) is 0 Å². The summed E-state index contributed by atoms with van der Waals surface area (Å²) < 4.78 is 4.65. The molecule has 1 fully saturated rings. The third-order valence-electron chi connectivity index (χ3n) is 2.83. The summed E-state index contributed by atoms with van der Waals surface area (Å²) in [5.41, 5.74) is 0. The average molecular weight is 355 g/mol. The molecule has 0 radical (unpaired) electrons. The molecule has 1 aliphatic carbocycles. The third-order valence-corrected chi connectivity index (χ3v) is 2.83. The van der Waals surface area contributed by atoms with Crippen molar-refractivity contribution in [2.24, 2.45) is 16.8 Å². The first kappa shape index (κ1) is 16.5. The minimum absolute atomic E-state index is 0. The average Bonchev–Trinajstić information content (AvgIpc) is 2.98. The molecular weight excluding hydrogens is 333 g/mol. The molecule has 0 amide bonds. The van der Waals surface area contributed by atoms with Crippen LogP contribution in [0.5, 0.6) is 0 Å². The number of nitrogens with zero attached hydrogens (tertiary/aromatic N) is 1. The van der Waals surface area contributed by atoms with E-state index in [-0.39, 0.29) is 35.9 Å². The lowest BCUT2D eigenvalue weighted by atomic mass is 10.2. The molecule has 0 bridgehead atoms. The van der Waals surface area contributed by atoms with E-state index in [1.807, 2.05) is 6.92 Å². The number of carbonyl (C=O) groups is 1. The maximum atomic E-state index is 11.2. The molecule has 5 nitrogen and oxygen atoms in total. The lowest BCUT2D eigenvalue weighted by Gasteiger charge is -2.14. The monoisotopic (exact) mass is 355 g/mol. The van der Waals surface area contributed by atoms with Crippen LogP contribution in [0.4, 0.5) is 0 Å². The van der Waals surface area contributed by atoms with Gasteiger partial charge in [0, 0.05) is 19.6 Å². The highest BCUT2D eigenvalue weighted by atomic mass is 127. The summed E-state index contributed by atoms with van der Waals surface area (Å²) in [7, 11) is 3.13. The van der Waals surface area contributed by atoms with Gasteiger partial charge in [-0.15, -0.1) is 24.0 Å². The Hall–Kier alpha value is -0.530. The molecule has 0 aromatic rings. The topological polar surface area (TPSA) is 62.7 Å². The minimum atomic E-state index is -0.206. The molecular formula is C11H22IN3O2. The van der Waals surface area contributed by atoms with Gasteiger partial charge < -0.3 is 15.4 Å². The molecule has 1 aliphatic rings. The standard InChI is InChI=1S/C11H21N3O2.HI/c1-7-5-9(7)14-11(12-3)13-6-8(2)10(15)16-4;/h7-9H,5-6H2,1-4H3,(H2,12,13,14);1H. The zero-order valence-corrected chi connectivity index (χ0v) is 13.1. The Kier molecular flexibility index (Phi) is 7.49. The van der Waals surface area contributed by atoms with Gasteiger partial charge in [0.15, 0.2) is 5.96 Å². The largest absolute Gasteiger partial charge is 0.469 e. The first-order valence-corrected chi connectivity index (χ1v) is 5.63. The Bertz CT molecular complexity index is 284. The summed E-state index contributed by atoms with van der Waals surface area (Å²) in [4.78, 5) is 15.3. The van der Waals surface area contributed by atoms with Crippen molar-refractivity contribution in [3.8, 4) is 0 Å². The second-order valence-electron chi connectivity index (χ2n) is 4.34. The Morgan fingerprint density at radius 3 is 2.59 bits per heavy atom. The van der Waals surface area contributed by atoms with E-state index in [0.29, 0.717) is 12.6 Å². The van der Waals surface area contributed by atoms with Gasteiger partial charge in [0.2, 0.25) is 0 Å². The number of carbonyl (C=O) groups excluding carboxylic acids is 1. The number of ether oxygens (including phenoxy) is 1. The molecule has 6 heteroatoms. The van der Waals surface area contributed by atoms with Gasteiger partial charge in [0.05, 0.1) is 13.0 Å². The highest BCUT2D eigenvalue weighted by molar-refractivity contribution is 14.0. The van der Waals surface area contributed by atoms with E-state index in [2.05, 4.69) is 27.3 Å². The number of guanidine groups is 1. The normalized spacial score (nSPS) is 24.4. The highest BCUT2D eigenvalue weighted by Gasteiger charge is 2.33. The quantitative estimate of drug-likeness (QED) is 0.342. The Balaban J connectivity index is 0.00000256. The van der Waals surface area contributed by atoms with Crippen LogP contribution < -0.4 is 10.6 Å². The lowest BCUT2D eigenvalue weighted by Crippen LogP contribution is -2.42. The van der Waals surface area contributed by atoms with Crippen LogP contribution in [0.25, 0.3) is 0 Å². The first-order valence-electron chi connectivity index (χ1n) is 5.63. The number of halogens is 1. The zero-order chi connectivity index (χ0) is 12.1. The van der Waals surface area contributed by atoms with Crippen molar-refractivity contribution in [1.29, 1.82) is 0 Å². The molecule has 0 heterocycles. The van der Waals surface area contributed by atoms with E-state index < -0.39 is 0 Å². The molecule has 100 valence electrons. The Morgan fingerprint density at radius 1 is 1.59 bits per heavy atom. The fourth-order valence-electron chi connectivity index (χ4n) is 1.43. The van der Waals surface area contributed by atoms with Crippen molar-refractivity contribution in [3.05, 3.63) is 0 Å². The second-order valence-corrected chi connectivity index (χ2v) is 4.34. The maximum absolute atomic E-state index is 11.2. The van der Waals surface area contributed by atoms with Gasteiger partial charge in [0.25, 0.3) is 0 Å². The highest BCUT2D eigenvalue weighted by Crippen LogP contribution is 2.28. The summed E-state index contributed by atoms with van der Waals surface area (Å²) >= 11 is 0.